The Balaban J connectivity index is 1.52. The van der Waals surface area contributed by atoms with Gasteiger partial charge in [0, 0.05) is 17.8 Å². The molecule has 36 heavy (non-hydrogen) atoms. The number of aromatic nitrogens is 3. The number of anilines is 1. The molecule has 1 aromatic heterocycles. The van der Waals surface area contributed by atoms with E-state index in [1.165, 1.54) is 24.3 Å². The summed E-state index contributed by atoms with van der Waals surface area (Å²) in [6.07, 6.45) is -0.392. The molecule has 184 valence electrons. The molecule has 0 saturated heterocycles. The zero-order valence-electron chi connectivity index (χ0n) is 19.2. The van der Waals surface area contributed by atoms with Gasteiger partial charge in [0.25, 0.3) is 11.5 Å². The summed E-state index contributed by atoms with van der Waals surface area (Å²) in [7, 11) is -4.31. The van der Waals surface area contributed by atoms with Gasteiger partial charge in [-0.3, -0.25) is 14.4 Å². The third-order valence-corrected chi connectivity index (χ3v) is 7.83. The van der Waals surface area contributed by atoms with Gasteiger partial charge in [0.1, 0.15) is 5.52 Å². The number of carbonyl (C=O) groups excluding carboxylic acids is 1. The number of nitrogens with zero attached hydrogens (tertiary/aromatic N) is 3. The first kappa shape index (κ1) is 24.7. The van der Waals surface area contributed by atoms with Gasteiger partial charge in [-0.15, -0.1) is 5.10 Å². The van der Waals surface area contributed by atoms with E-state index in [1.807, 2.05) is 6.07 Å². The van der Waals surface area contributed by atoms with Crippen LogP contribution in [0, 0.1) is 6.92 Å². The maximum absolute atomic E-state index is 13.1. The van der Waals surface area contributed by atoms with E-state index in [9.17, 15) is 27.9 Å². The summed E-state index contributed by atoms with van der Waals surface area (Å²) in [6.45, 7) is 1.55. The van der Waals surface area contributed by atoms with E-state index in [0.29, 0.717) is 22.2 Å². The van der Waals surface area contributed by atoms with Crippen LogP contribution in [0.2, 0.25) is 0 Å². The molecule has 3 aromatic carbocycles. The van der Waals surface area contributed by atoms with E-state index in [2.05, 4.69) is 15.6 Å². The fraction of sp³-hybridized carbons (Fsp3) is 0.160. The molecule has 1 amide bonds. The van der Waals surface area contributed by atoms with Crippen LogP contribution < -0.4 is 10.9 Å². The highest BCUT2D eigenvalue weighted by Gasteiger charge is 2.34. The van der Waals surface area contributed by atoms with E-state index in [4.69, 9.17) is 0 Å². The van der Waals surface area contributed by atoms with Gasteiger partial charge in [0.15, 0.2) is 15.1 Å². The molecule has 0 aliphatic heterocycles. The molecule has 2 N–H and O–H groups in total. The number of sulfone groups is 1. The van der Waals surface area contributed by atoms with E-state index in [0.717, 1.165) is 10.2 Å². The molecule has 0 bridgehead atoms. The summed E-state index contributed by atoms with van der Waals surface area (Å²) in [4.78, 5) is 36.8. The Morgan fingerprint density at radius 3 is 2.36 bits per heavy atom. The summed E-state index contributed by atoms with van der Waals surface area (Å²) >= 11 is 0. The van der Waals surface area contributed by atoms with Crippen LogP contribution >= 0.6 is 0 Å². The van der Waals surface area contributed by atoms with Gasteiger partial charge in [0.2, 0.25) is 0 Å². The highest BCUT2D eigenvalue weighted by molar-refractivity contribution is 7.92. The Hall–Kier alpha value is -4.38. The number of rotatable bonds is 8. The lowest BCUT2D eigenvalue weighted by molar-refractivity contribution is -0.136. The fourth-order valence-corrected chi connectivity index (χ4v) is 5.26. The van der Waals surface area contributed by atoms with Crippen molar-refractivity contribution < 1.29 is 23.1 Å². The fourth-order valence-electron chi connectivity index (χ4n) is 3.74. The normalized spacial score (nSPS) is 12.2. The molecule has 1 heterocycles. The maximum Gasteiger partial charge on any atom is 0.322 e. The van der Waals surface area contributed by atoms with Gasteiger partial charge < -0.3 is 10.4 Å². The Morgan fingerprint density at radius 1 is 1.00 bits per heavy atom. The average Bonchev–Trinajstić information content (AvgIpc) is 2.86. The van der Waals surface area contributed by atoms with E-state index >= 15 is 0 Å². The second-order valence-corrected chi connectivity index (χ2v) is 10.2. The number of hydrogen-bond donors (Lipinski definition) is 2. The lowest BCUT2D eigenvalue weighted by Gasteiger charge is -2.15. The molecule has 0 fully saturated rings. The molecule has 10 nitrogen and oxygen atoms in total. The van der Waals surface area contributed by atoms with Crippen molar-refractivity contribution >= 4 is 38.3 Å². The van der Waals surface area contributed by atoms with Gasteiger partial charge in [-0.25, -0.2) is 13.1 Å². The first-order valence-electron chi connectivity index (χ1n) is 10.9. The summed E-state index contributed by atoms with van der Waals surface area (Å²) < 4.78 is 27.2. The van der Waals surface area contributed by atoms with Crippen molar-refractivity contribution in [3.8, 4) is 0 Å². The molecule has 1 atom stereocenters. The van der Waals surface area contributed by atoms with Gasteiger partial charge in [-0.2, -0.15) is 0 Å². The molecular weight excluding hydrogens is 484 g/mol. The number of carboxylic acids is 1. The lowest BCUT2D eigenvalue weighted by atomic mass is 10.1. The molecule has 4 aromatic rings. The largest absolute Gasteiger partial charge is 0.480 e. The first-order chi connectivity index (χ1) is 17.2. The number of nitrogens with one attached hydrogen (secondary N) is 1. The van der Waals surface area contributed by atoms with Crippen molar-refractivity contribution in [2.75, 3.05) is 5.32 Å². The van der Waals surface area contributed by atoms with Crippen molar-refractivity contribution in [1.29, 1.82) is 0 Å². The Bertz CT molecular complexity index is 1610. The molecule has 11 heteroatoms. The quantitative estimate of drug-likeness (QED) is 0.371. The lowest BCUT2D eigenvalue weighted by Crippen LogP contribution is -2.34. The van der Waals surface area contributed by atoms with Crippen LogP contribution in [0.5, 0.6) is 0 Å². The van der Waals surface area contributed by atoms with E-state index in [-0.39, 0.29) is 17.3 Å². The van der Waals surface area contributed by atoms with Gasteiger partial charge >= 0.3 is 5.97 Å². The highest BCUT2D eigenvalue weighted by atomic mass is 32.2. The zero-order valence-corrected chi connectivity index (χ0v) is 20.0. The molecule has 0 aliphatic carbocycles. The molecule has 1 unspecified atom stereocenters. The van der Waals surface area contributed by atoms with Crippen LogP contribution in [0.1, 0.15) is 22.3 Å². The van der Waals surface area contributed by atoms with Crippen molar-refractivity contribution in [2.24, 2.45) is 0 Å². The molecule has 0 spiro atoms. The third kappa shape index (κ3) is 5.01. The average molecular weight is 507 g/mol. The SMILES string of the molecule is Cc1ccccc1C(=O)Nc1ccc(S(=O)(=O)C(CCn2nnc3ccccc3c2=O)C(=O)O)cc1. The van der Waals surface area contributed by atoms with Gasteiger partial charge in [0.05, 0.1) is 10.3 Å². The Morgan fingerprint density at radius 2 is 1.67 bits per heavy atom. The maximum atomic E-state index is 13.1. The van der Waals surface area contributed by atoms with Crippen LogP contribution in [0.3, 0.4) is 0 Å². The summed E-state index contributed by atoms with van der Waals surface area (Å²) in [5, 5.41) is 18.5. The first-order valence-corrected chi connectivity index (χ1v) is 12.5. The summed E-state index contributed by atoms with van der Waals surface area (Å²) in [6, 6.07) is 18.8. The monoisotopic (exact) mass is 506 g/mol. The molecule has 0 aliphatic rings. The molecule has 4 rings (SSSR count). The minimum absolute atomic E-state index is 0.222. The van der Waals surface area contributed by atoms with Crippen molar-refractivity contribution in [1.82, 2.24) is 15.0 Å². The van der Waals surface area contributed by atoms with Gasteiger partial charge in [-0.1, -0.05) is 35.5 Å². The summed E-state index contributed by atoms with van der Waals surface area (Å²) in [5.41, 5.74) is 1.51. The predicted molar refractivity (Wildman–Crippen MR) is 133 cm³/mol. The molecule has 0 saturated carbocycles. The molecule has 0 radical (unpaired) electrons. The number of aliphatic carboxylic acids is 1. The standard InChI is InChI=1S/C25H22N4O6S/c1-16-6-2-3-7-19(16)23(30)26-17-10-12-18(13-11-17)36(34,35)22(25(32)33)14-15-29-24(31)20-8-4-5-9-21(20)27-28-29/h2-13,22H,14-15H2,1H3,(H,26,30)(H,32,33). The predicted octanol–water partition coefficient (Wildman–Crippen LogP) is 2.67. The Kier molecular flexibility index (Phi) is 6.93. The number of benzene rings is 3. The highest BCUT2D eigenvalue weighted by Crippen LogP contribution is 2.22. The zero-order chi connectivity index (χ0) is 25.9. The minimum Gasteiger partial charge on any atom is -0.480 e. The van der Waals surface area contributed by atoms with Crippen LogP contribution in [0.25, 0.3) is 10.9 Å². The number of carbonyl (C=O) groups is 2. The number of hydrogen-bond acceptors (Lipinski definition) is 7. The third-order valence-electron chi connectivity index (χ3n) is 5.71. The van der Waals surface area contributed by atoms with Gasteiger partial charge in [-0.05, 0) is 61.4 Å². The topological polar surface area (TPSA) is 148 Å². The number of carboxylic acid groups (broad SMARTS) is 1. The second-order valence-electron chi connectivity index (χ2n) is 8.09. The number of amides is 1. The minimum atomic E-state index is -4.31. The smallest absolute Gasteiger partial charge is 0.322 e. The van der Waals surface area contributed by atoms with Crippen molar-refractivity contribution in [3.63, 3.8) is 0 Å². The number of fused-ring (bicyclic) bond motifs is 1. The van der Waals surface area contributed by atoms with Crippen LogP contribution in [-0.4, -0.2) is 45.6 Å². The number of aryl methyl sites for hydroxylation is 2. The van der Waals surface area contributed by atoms with Crippen molar-refractivity contribution in [3.05, 3.63) is 94.3 Å². The van der Waals surface area contributed by atoms with Crippen LogP contribution in [0.15, 0.2) is 82.5 Å². The van der Waals surface area contributed by atoms with Crippen LogP contribution in [-0.2, 0) is 21.2 Å². The van der Waals surface area contributed by atoms with Crippen molar-refractivity contribution in [2.45, 2.75) is 30.0 Å². The molecular formula is C25H22N4O6S. The van der Waals surface area contributed by atoms with E-state index < -0.39 is 33.0 Å². The summed E-state index contributed by atoms with van der Waals surface area (Å²) in [5.74, 6) is -1.90. The van der Waals surface area contributed by atoms with E-state index in [1.54, 1.807) is 49.4 Å². The Labute approximate surface area is 206 Å². The van der Waals surface area contributed by atoms with Crippen LogP contribution in [0.4, 0.5) is 5.69 Å². The second kappa shape index (κ2) is 10.1.